The van der Waals surface area contributed by atoms with Crippen LogP contribution in [0.25, 0.3) is 0 Å². The van der Waals surface area contributed by atoms with Gasteiger partial charge in [0.05, 0.1) is 4.92 Å². The molecule has 1 aliphatic rings. The Morgan fingerprint density at radius 2 is 1.78 bits per heavy atom. The first-order chi connectivity index (χ1) is 8.58. The maximum atomic E-state index is 10.6. The topological polar surface area (TPSA) is 75.6 Å². The molecule has 1 heterocycles. The standard InChI is InChI=1S/C11H14N4O2S/c12-11(18)14-7-5-13(6-8-14)9-1-3-10(4-2-9)15(16)17/h1-4H,5-8H2,(H2,12,18). The third-order valence-corrected chi connectivity index (χ3v) is 3.28. The molecule has 1 saturated heterocycles. The van der Waals surface area contributed by atoms with E-state index in [0.29, 0.717) is 5.11 Å². The molecular weight excluding hydrogens is 252 g/mol. The van der Waals surface area contributed by atoms with Gasteiger partial charge in [0.25, 0.3) is 5.69 Å². The van der Waals surface area contributed by atoms with Gasteiger partial charge in [-0.25, -0.2) is 0 Å². The molecule has 0 bridgehead atoms. The van der Waals surface area contributed by atoms with Gasteiger partial charge in [0.15, 0.2) is 5.11 Å². The van der Waals surface area contributed by atoms with E-state index in [2.05, 4.69) is 4.90 Å². The molecule has 0 atom stereocenters. The fourth-order valence-electron chi connectivity index (χ4n) is 1.97. The summed E-state index contributed by atoms with van der Waals surface area (Å²) in [5.74, 6) is 0. The van der Waals surface area contributed by atoms with Crippen molar-refractivity contribution in [2.75, 3.05) is 31.1 Å². The van der Waals surface area contributed by atoms with E-state index in [-0.39, 0.29) is 5.69 Å². The highest BCUT2D eigenvalue weighted by atomic mass is 32.1. The summed E-state index contributed by atoms with van der Waals surface area (Å²) in [4.78, 5) is 14.3. The van der Waals surface area contributed by atoms with E-state index >= 15 is 0 Å². The number of nitro benzene ring substituents is 1. The first kappa shape index (κ1) is 12.6. The van der Waals surface area contributed by atoms with Crippen molar-refractivity contribution >= 4 is 28.7 Å². The Balaban J connectivity index is 2.01. The number of benzene rings is 1. The molecule has 1 aliphatic heterocycles. The van der Waals surface area contributed by atoms with Gasteiger partial charge in [-0.05, 0) is 24.4 Å². The zero-order valence-corrected chi connectivity index (χ0v) is 10.6. The van der Waals surface area contributed by atoms with Crippen LogP contribution in [0.5, 0.6) is 0 Å². The largest absolute Gasteiger partial charge is 0.376 e. The quantitative estimate of drug-likeness (QED) is 0.488. The molecule has 96 valence electrons. The molecule has 7 heteroatoms. The number of thiocarbonyl (C=S) groups is 1. The van der Waals surface area contributed by atoms with Crippen molar-refractivity contribution in [1.29, 1.82) is 0 Å². The summed E-state index contributed by atoms with van der Waals surface area (Å²) in [5, 5.41) is 11.0. The molecule has 0 aromatic heterocycles. The second-order valence-electron chi connectivity index (χ2n) is 4.09. The summed E-state index contributed by atoms with van der Waals surface area (Å²) in [5.41, 5.74) is 6.67. The predicted octanol–water partition coefficient (Wildman–Crippen LogP) is 0.960. The number of rotatable bonds is 2. The summed E-state index contributed by atoms with van der Waals surface area (Å²) in [6.45, 7) is 3.20. The molecule has 0 spiro atoms. The van der Waals surface area contributed by atoms with E-state index < -0.39 is 4.92 Å². The smallest absolute Gasteiger partial charge is 0.269 e. The summed E-state index contributed by atoms with van der Waals surface area (Å²) >= 11 is 4.93. The summed E-state index contributed by atoms with van der Waals surface area (Å²) in [6, 6.07) is 6.59. The highest BCUT2D eigenvalue weighted by molar-refractivity contribution is 7.80. The molecule has 0 amide bonds. The Labute approximate surface area is 110 Å². The van der Waals surface area contributed by atoms with Gasteiger partial charge in [0.2, 0.25) is 0 Å². The molecule has 0 saturated carbocycles. The van der Waals surface area contributed by atoms with E-state index in [1.54, 1.807) is 12.1 Å². The zero-order valence-electron chi connectivity index (χ0n) is 9.78. The van der Waals surface area contributed by atoms with E-state index in [1.165, 1.54) is 12.1 Å². The van der Waals surface area contributed by atoms with Crippen LogP contribution in [-0.4, -0.2) is 41.1 Å². The number of nitrogens with zero attached hydrogens (tertiary/aromatic N) is 3. The van der Waals surface area contributed by atoms with E-state index in [0.717, 1.165) is 31.9 Å². The Bertz CT molecular complexity index is 455. The van der Waals surface area contributed by atoms with E-state index in [9.17, 15) is 10.1 Å². The molecule has 1 aromatic carbocycles. The lowest BCUT2D eigenvalue weighted by Gasteiger charge is -2.36. The monoisotopic (exact) mass is 266 g/mol. The van der Waals surface area contributed by atoms with Crippen LogP contribution < -0.4 is 10.6 Å². The molecule has 1 fully saturated rings. The van der Waals surface area contributed by atoms with Gasteiger partial charge in [-0.15, -0.1) is 0 Å². The number of nitrogens with two attached hydrogens (primary N) is 1. The van der Waals surface area contributed by atoms with Crippen LogP contribution in [0.4, 0.5) is 11.4 Å². The van der Waals surface area contributed by atoms with Crippen LogP contribution in [0.15, 0.2) is 24.3 Å². The van der Waals surface area contributed by atoms with Crippen molar-refractivity contribution in [3.63, 3.8) is 0 Å². The maximum Gasteiger partial charge on any atom is 0.269 e. The Morgan fingerprint density at radius 3 is 2.22 bits per heavy atom. The van der Waals surface area contributed by atoms with Gasteiger partial charge in [-0.1, -0.05) is 0 Å². The lowest BCUT2D eigenvalue weighted by molar-refractivity contribution is -0.384. The minimum atomic E-state index is -0.394. The maximum absolute atomic E-state index is 10.6. The van der Waals surface area contributed by atoms with Crippen LogP contribution >= 0.6 is 12.2 Å². The highest BCUT2D eigenvalue weighted by Crippen LogP contribution is 2.20. The summed E-state index contributed by atoms with van der Waals surface area (Å²) < 4.78 is 0. The lowest BCUT2D eigenvalue weighted by atomic mass is 10.2. The Hall–Kier alpha value is -1.89. The fourth-order valence-corrected chi connectivity index (χ4v) is 2.15. The molecule has 2 rings (SSSR count). The molecule has 18 heavy (non-hydrogen) atoms. The number of nitro groups is 1. The molecule has 0 aliphatic carbocycles. The Kier molecular flexibility index (Phi) is 3.61. The number of hydrogen-bond donors (Lipinski definition) is 1. The van der Waals surface area contributed by atoms with Crippen LogP contribution in [0.1, 0.15) is 0 Å². The summed E-state index contributed by atoms with van der Waals surface area (Å²) in [6.07, 6.45) is 0. The van der Waals surface area contributed by atoms with Gasteiger partial charge < -0.3 is 15.5 Å². The van der Waals surface area contributed by atoms with Crippen molar-refractivity contribution in [1.82, 2.24) is 4.90 Å². The van der Waals surface area contributed by atoms with Crippen molar-refractivity contribution in [3.05, 3.63) is 34.4 Å². The molecule has 2 N–H and O–H groups in total. The van der Waals surface area contributed by atoms with Crippen LogP contribution in [0, 0.1) is 10.1 Å². The van der Waals surface area contributed by atoms with Crippen molar-refractivity contribution < 1.29 is 4.92 Å². The Morgan fingerprint density at radius 1 is 1.22 bits per heavy atom. The fraction of sp³-hybridized carbons (Fsp3) is 0.364. The van der Waals surface area contributed by atoms with Gasteiger partial charge >= 0.3 is 0 Å². The molecule has 6 nitrogen and oxygen atoms in total. The van der Waals surface area contributed by atoms with Gasteiger partial charge in [0, 0.05) is 44.0 Å². The average molecular weight is 266 g/mol. The van der Waals surface area contributed by atoms with Crippen molar-refractivity contribution in [3.8, 4) is 0 Å². The van der Waals surface area contributed by atoms with E-state index in [1.807, 2.05) is 4.90 Å². The third kappa shape index (κ3) is 2.67. The highest BCUT2D eigenvalue weighted by Gasteiger charge is 2.18. The van der Waals surface area contributed by atoms with Crippen molar-refractivity contribution in [2.45, 2.75) is 0 Å². The SMILES string of the molecule is NC(=S)N1CCN(c2ccc([N+](=O)[O-])cc2)CC1. The van der Waals surface area contributed by atoms with Gasteiger partial charge in [-0.3, -0.25) is 10.1 Å². The first-order valence-electron chi connectivity index (χ1n) is 5.62. The van der Waals surface area contributed by atoms with Gasteiger partial charge in [0.1, 0.15) is 0 Å². The van der Waals surface area contributed by atoms with Gasteiger partial charge in [-0.2, -0.15) is 0 Å². The average Bonchev–Trinajstić information content (AvgIpc) is 2.39. The number of anilines is 1. The molecule has 0 unspecified atom stereocenters. The minimum Gasteiger partial charge on any atom is -0.376 e. The summed E-state index contributed by atoms with van der Waals surface area (Å²) in [7, 11) is 0. The zero-order chi connectivity index (χ0) is 13.1. The predicted molar refractivity (Wildman–Crippen MR) is 73.7 cm³/mol. The number of piperazine rings is 1. The molecule has 0 radical (unpaired) electrons. The van der Waals surface area contributed by atoms with Crippen LogP contribution in [0.2, 0.25) is 0 Å². The molecular formula is C11H14N4O2S. The van der Waals surface area contributed by atoms with E-state index in [4.69, 9.17) is 18.0 Å². The number of non-ortho nitro benzene ring substituents is 1. The second-order valence-corrected chi connectivity index (χ2v) is 4.50. The number of hydrogen-bond acceptors (Lipinski definition) is 4. The third-order valence-electron chi connectivity index (χ3n) is 3.02. The van der Waals surface area contributed by atoms with Crippen LogP contribution in [-0.2, 0) is 0 Å². The molecule has 1 aromatic rings. The van der Waals surface area contributed by atoms with Crippen molar-refractivity contribution in [2.24, 2.45) is 5.73 Å². The second kappa shape index (κ2) is 5.18. The first-order valence-corrected chi connectivity index (χ1v) is 6.02. The van der Waals surface area contributed by atoms with Crippen LogP contribution in [0.3, 0.4) is 0 Å². The lowest BCUT2D eigenvalue weighted by Crippen LogP contribution is -2.50. The minimum absolute atomic E-state index is 0.112. The normalized spacial score (nSPS) is 15.6.